The largest absolute Gasteiger partial charge is 0.381 e. The second-order valence-corrected chi connectivity index (χ2v) is 5.81. The van der Waals surface area contributed by atoms with Gasteiger partial charge in [0, 0.05) is 24.0 Å². The Morgan fingerprint density at radius 3 is 1.47 bits per heavy atom. The highest BCUT2D eigenvalue weighted by atomic mass is 16.5. The van der Waals surface area contributed by atoms with Gasteiger partial charge in [0.1, 0.15) is 0 Å². The van der Waals surface area contributed by atoms with Gasteiger partial charge in [-0.2, -0.15) is 0 Å². The molecule has 0 radical (unpaired) electrons. The van der Waals surface area contributed by atoms with Crippen molar-refractivity contribution in [2.45, 2.75) is 39.5 Å². The molecule has 0 saturated carbocycles. The quantitative estimate of drug-likeness (QED) is 0.612. The fraction of sp³-hybridized carbons (Fsp3) is 1.00. The predicted molar refractivity (Wildman–Crippen MR) is 67.1 cm³/mol. The van der Waals surface area contributed by atoms with Crippen molar-refractivity contribution >= 4 is 0 Å². The lowest BCUT2D eigenvalue weighted by Gasteiger charge is -2.42. The highest BCUT2D eigenvalue weighted by molar-refractivity contribution is 4.85. The summed E-state index contributed by atoms with van der Waals surface area (Å²) >= 11 is 0. The van der Waals surface area contributed by atoms with Crippen molar-refractivity contribution in [3.8, 4) is 0 Å². The number of rotatable bonds is 8. The lowest BCUT2D eigenvalue weighted by molar-refractivity contribution is -0.138. The summed E-state index contributed by atoms with van der Waals surface area (Å²) in [4.78, 5) is 0. The zero-order valence-corrected chi connectivity index (χ0v) is 11.3. The van der Waals surface area contributed by atoms with Gasteiger partial charge in [0.25, 0.3) is 0 Å². The van der Waals surface area contributed by atoms with E-state index in [0.29, 0.717) is 10.8 Å². The Labute approximate surface area is 105 Å². The summed E-state index contributed by atoms with van der Waals surface area (Å²) in [6.45, 7) is 9.99. The van der Waals surface area contributed by atoms with Crippen molar-refractivity contribution in [3.63, 3.8) is 0 Å². The fourth-order valence-corrected chi connectivity index (χ4v) is 2.51. The monoisotopic (exact) mass is 242 g/mol. The number of ether oxygens (including phenoxy) is 3. The molecule has 0 unspecified atom stereocenters. The molecule has 2 aliphatic heterocycles. The standard InChI is InChI=1S/C14H26O3/c1-3-13(9-16-10-13)5-7-15-8-6-14(4-2)11-17-12-14/h3-12H2,1-2H3. The number of hydrogen-bond acceptors (Lipinski definition) is 3. The van der Waals surface area contributed by atoms with Crippen LogP contribution in [0.2, 0.25) is 0 Å². The Kier molecular flexibility index (Phi) is 4.45. The molecule has 0 aromatic carbocycles. The first-order chi connectivity index (χ1) is 8.24. The molecule has 0 amide bonds. The van der Waals surface area contributed by atoms with Gasteiger partial charge >= 0.3 is 0 Å². The minimum atomic E-state index is 0.433. The Morgan fingerprint density at radius 1 is 0.824 bits per heavy atom. The zero-order chi connectivity index (χ0) is 12.2. The van der Waals surface area contributed by atoms with Crippen molar-refractivity contribution in [1.29, 1.82) is 0 Å². The van der Waals surface area contributed by atoms with Gasteiger partial charge in [0.15, 0.2) is 0 Å². The van der Waals surface area contributed by atoms with Crippen LogP contribution in [0.4, 0.5) is 0 Å². The normalized spacial score (nSPS) is 25.1. The van der Waals surface area contributed by atoms with Gasteiger partial charge < -0.3 is 14.2 Å². The Morgan fingerprint density at radius 2 is 1.24 bits per heavy atom. The van der Waals surface area contributed by atoms with E-state index >= 15 is 0 Å². The summed E-state index contributed by atoms with van der Waals surface area (Å²) in [5.74, 6) is 0. The average molecular weight is 242 g/mol. The first kappa shape index (κ1) is 13.3. The summed E-state index contributed by atoms with van der Waals surface area (Å²) in [7, 11) is 0. The summed E-state index contributed by atoms with van der Waals surface area (Å²) < 4.78 is 16.4. The van der Waals surface area contributed by atoms with E-state index in [2.05, 4.69) is 13.8 Å². The first-order valence-corrected chi connectivity index (χ1v) is 6.97. The molecular weight excluding hydrogens is 216 g/mol. The maximum Gasteiger partial charge on any atom is 0.0545 e. The molecule has 2 fully saturated rings. The molecule has 3 nitrogen and oxygen atoms in total. The molecule has 0 spiro atoms. The molecule has 2 aliphatic rings. The van der Waals surface area contributed by atoms with E-state index in [0.717, 1.165) is 52.5 Å². The van der Waals surface area contributed by atoms with Crippen LogP contribution in [0.25, 0.3) is 0 Å². The summed E-state index contributed by atoms with van der Waals surface area (Å²) in [6.07, 6.45) is 4.73. The molecular formula is C14H26O3. The van der Waals surface area contributed by atoms with Crippen molar-refractivity contribution < 1.29 is 14.2 Å². The molecule has 0 bridgehead atoms. The van der Waals surface area contributed by atoms with Gasteiger partial charge in [-0.05, 0) is 25.7 Å². The molecule has 0 aromatic heterocycles. The highest BCUT2D eigenvalue weighted by Gasteiger charge is 2.37. The van der Waals surface area contributed by atoms with Crippen molar-refractivity contribution in [3.05, 3.63) is 0 Å². The third-order valence-corrected chi connectivity index (χ3v) is 4.69. The molecule has 3 heteroatoms. The van der Waals surface area contributed by atoms with Gasteiger partial charge in [0.2, 0.25) is 0 Å². The third-order valence-electron chi connectivity index (χ3n) is 4.69. The van der Waals surface area contributed by atoms with E-state index < -0.39 is 0 Å². The van der Waals surface area contributed by atoms with Crippen LogP contribution in [-0.4, -0.2) is 39.6 Å². The summed E-state index contributed by atoms with van der Waals surface area (Å²) in [5.41, 5.74) is 0.865. The van der Waals surface area contributed by atoms with Crippen molar-refractivity contribution in [1.82, 2.24) is 0 Å². The minimum Gasteiger partial charge on any atom is -0.381 e. The predicted octanol–water partition coefficient (Wildman–Crippen LogP) is 2.64. The summed E-state index contributed by atoms with van der Waals surface area (Å²) in [5, 5.41) is 0. The van der Waals surface area contributed by atoms with Crippen LogP contribution in [0.15, 0.2) is 0 Å². The minimum absolute atomic E-state index is 0.433. The molecule has 17 heavy (non-hydrogen) atoms. The highest BCUT2D eigenvalue weighted by Crippen LogP contribution is 2.36. The van der Waals surface area contributed by atoms with Gasteiger partial charge in [-0.25, -0.2) is 0 Å². The lowest BCUT2D eigenvalue weighted by Crippen LogP contribution is -2.43. The van der Waals surface area contributed by atoms with E-state index in [9.17, 15) is 0 Å². The topological polar surface area (TPSA) is 27.7 Å². The molecule has 0 N–H and O–H groups in total. The SMILES string of the molecule is CCC1(CCOCCC2(CC)COC2)COC1. The Bertz CT molecular complexity index is 197. The fourth-order valence-electron chi connectivity index (χ4n) is 2.51. The van der Waals surface area contributed by atoms with Crippen molar-refractivity contribution in [2.24, 2.45) is 10.8 Å². The van der Waals surface area contributed by atoms with Crippen LogP contribution in [0.3, 0.4) is 0 Å². The van der Waals surface area contributed by atoms with Crippen LogP contribution in [0.5, 0.6) is 0 Å². The van der Waals surface area contributed by atoms with E-state index in [4.69, 9.17) is 14.2 Å². The Balaban J connectivity index is 1.54. The van der Waals surface area contributed by atoms with Gasteiger partial charge in [-0.1, -0.05) is 13.8 Å². The zero-order valence-electron chi connectivity index (χ0n) is 11.3. The van der Waals surface area contributed by atoms with Crippen LogP contribution in [-0.2, 0) is 14.2 Å². The van der Waals surface area contributed by atoms with E-state index in [1.165, 1.54) is 12.8 Å². The van der Waals surface area contributed by atoms with Crippen LogP contribution in [0.1, 0.15) is 39.5 Å². The van der Waals surface area contributed by atoms with Gasteiger partial charge in [-0.3, -0.25) is 0 Å². The molecule has 0 atom stereocenters. The van der Waals surface area contributed by atoms with E-state index in [-0.39, 0.29) is 0 Å². The van der Waals surface area contributed by atoms with Crippen LogP contribution >= 0.6 is 0 Å². The maximum absolute atomic E-state index is 5.79. The first-order valence-electron chi connectivity index (χ1n) is 6.97. The molecule has 2 rings (SSSR count). The van der Waals surface area contributed by atoms with Crippen LogP contribution < -0.4 is 0 Å². The molecule has 2 saturated heterocycles. The molecule has 100 valence electrons. The van der Waals surface area contributed by atoms with E-state index in [1.807, 2.05) is 0 Å². The lowest BCUT2D eigenvalue weighted by atomic mass is 9.80. The van der Waals surface area contributed by atoms with Gasteiger partial charge in [0.05, 0.1) is 26.4 Å². The Hall–Kier alpha value is -0.120. The van der Waals surface area contributed by atoms with E-state index in [1.54, 1.807) is 0 Å². The van der Waals surface area contributed by atoms with Crippen molar-refractivity contribution in [2.75, 3.05) is 39.6 Å². The molecule has 0 aromatic rings. The second-order valence-electron chi connectivity index (χ2n) is 5.81. The maximum atomic E-state index is 5.79. The molecule has 2 heterocycles. The van der Waals surface area contributed by atoms with Crippen LogP contribution in [0, 0.1) is 10.8 Å². The smallest absolute Gasteiger partial charge is 0.0545 e. The molecule has 0 aliphatic carbocycles. The average Bonchev–Trinajstić information content (AvgIpc) is 2.24. The summed E-state index contributed by atoms with van der Waals surface area (Å²) in [6, 6.07) is 0. The third kappa shape index (κ3) is 3.01. The van der Waals surface area contributed by atoms with Gasteiger partial charge in [-0.15, -0.1) is 0 Å². The second kappa shape index (κ2) is 5.68. The number of hydrogen-bond donors (Lipinski definition) is 0.